The number of benzene rings is 1. The predicted molar refractivity (Wildman–Crippen MR) is 72.3 cm³/mol. The number of halogens is 2. The monoisotopic (exact) mass is 274 g/mol. The molecule has 5 heteroatoms. The molecule has 2 N–H and O–H groups in total. The minimum Gasteiger partial charge on any atom is -0.505 e. The Morgan fingerprint density at radius 2 is 1.76 bits per heavy atom. The number of phenols is 1. The van der Waals surface area contributed by atoms with Gasteiger partial charge in [-0.1, -0.05) is 23.2 Å². The van der Waals surface area contributed by atoms with E-state index in [1.165, 1.54) is 0 Å². The summed E-state index contributed by atoms with van der Waals surface area (Å²) in [5, 5.41) is 13.4. The molecule has 17 heavy (non-hydrogen) atoms. The zero-order valence-electron chi connectivity index (χ0n) is 9.71. The van der Waals surface area contributed by atoms with E-state index in [4.69, 9.17) is 23.2 Å². The van der Waals surface area contributed by atoms with Gasteiger partial charge in [0.2, 0.25) is 0 Å². The van der Waals surface area contributed by atoms with Crippen LogP contribution in [0.2, 0.25) is 10.0 Å². The van der Waals surface area contributed by atoms with Crippen molar-refractivity contribution in [3.63, 3.8) is 0 Å². The molecule has 0 amide bonds. The fourth-order valence-corrected chi connectivity index (χ4v) is 2.52. The number of hydrogen-bond donors (Lipinski definition) is 2. The summed E-state index contributed by atoms with van der Waals surface area (Å²) < 4.78 is 0. The summed E-state index contributed by atoms with van der Waals surface area (Å²) in [6.45, 7) is 2.19. The smallest absolute Gasteiger partial charge is 0.152 e. The molecule has 0 saturated carbocycles. The van der Waals surface area contributed by atoms with Gasteiger partial charge in [-0.2, -0.15) is 0 Å². The van der Waals surface area contributed by atoms with Crippen molar-refractivity contribution < 1.29 is 5.11 Å². The van der Waals surface area contributed by atoms with E-state index in [0.29, 0.717) is 6.04 Å². The second-order valence-corrected chi connectivity index (χ2v) is 5.32. The van der Waals surface area contributed by atoms with Gasteiger partial charge in [0.05, 0.1) is 10.0 Å². The van der Waals surface area contributed by atoms with Crippen LogP contribution < -0.4 is 5.32 Å². The first-order valence-electron chi connectivity index (χ1n) is 5.69. The molecule has 3 nitrogen and oxygen atoms in total. The van der Waals surface area contributed by atoms with Crippen molar-refractivity contribution in [3.05, 3.63) is 22.2 Å². The van der Waals surface area contributed by atoms with E-state index in [0.717, 1.165) is 31.6 Å². The molecule has 0 aromatic heterocycles. The first-order chi connectivity index (χ1) is 8.06. The third kappa shape index (κ3) is 3.18. The SMILES string of the molecule is CN1CCC(Nc2cc(Cl)c(O)c(Cl)c2)CC1. The van der Waals surface area contributed by atoms with Crippen molar-refractivity contribution in [3.8, 4) is 5.75 Å². The maximum Gasteiger partial charge on any atom is 0.152 e. The topological polar surface area (TPSA) is 35.5 Å². The van der Waals surface area contributed by atoms with Crippen molar-refractivity contribution in [2.45, 2.75) is 18.9 Å². The highest BCUT2D eigenvalue weighted by atomic mass is 35.5. The number of anilines is 1. The summed E-state index contributed by atoms with van der Waals surface area (Å²) >= 11 is 11.8. The average Bonchev–Trinajstić information content (AvgIpc) is 2.29. The molecular weight excluding hydrogens is 259 g/mol. The second kappa shape index (κ2) is 5.34. The van der Waals surface area contributed by atoms with Gasteiger partial charge in [0, 0.05) is 11.7 Å². The molecule has 0 radical (unpaired) electrons. The fraction of sp³-hybridized carbons (Fsp3) is 0.500. The lowest BCUT2D eigenvalue weighted by molar-refractivity contribution is 0.264. The maximum atomic E-state index is 9.47. The van der Waals surface area contributed by atoms with Crippen LogP contribution in [0, 0.1) is 0 Å². The lowest BCUT2D eigenvalue weighted by Gasteiger charge is -2.30. The van der Waals surface area contributed by atoms with Gasteiger partial charge in [-0.3, -0.25) is 0 Å². The minimum atomic E-state index is -0.0535. The first-order valence-corrected chi connectivity index (χ1v) is 6.45. The van der Waals surface area contributed by atoms with Crippen LogP contribution in [0.5, 0.6) is 5.75 Å². The molecule has 1 aromatic carbocycles. The van der Waals surface area contributed by atoms with Gasteiger partial charge in [0.25, 0.3) is 0 Å². The van der Waals surface area contributed by atoms with Crippen molar-refractivity contribution >= 4 is 28.9 Å². The van der Waals surface area contributed by atoms with Crippen molar-refractivity contribution in [2.24, 2.45) is 0 Å². The van der Waals surface area contributed by atoms with Crippen LogP contribution in [-0.2, 0) is 0 Å². The van der Waals surface area contributed by atoms with Crippen LogP contribution in [0.4, 0.5) is 5.69 Å². The van der Waals surface area contributed by atoms with E-state index in [-0.39, 0.29) is 15.8 Å². The fourth-order valence-electron chi connectivity index (χ4n) is 2.04. The average molecular weight is 275 g/mol. The Bertz CT molecular complexity index is 380. The molecule has 0 atom stereocenters. The summed E-state index contributed by atoms with van der Waals surface area (Å²) in [5.74, 6) is -0.0535. The summed E-state index contributed by atoms with van der Waals surface area (Å²) in [7, 11) is 2.13. The van der Waals surface area contributed by atoms with Crippen LogP contribution in [0.25, 0.3) is 0 Å². The van der Waals surface area contributed by atoms with Gasteiger partial charge < -0.3 is 15.3 Å². The normalized spacial score (nSPS) is 18.3. The van der Waals surface area contributed by atoms with E-state index >= 15 is 0 Å². The van der Waals surface area contributed by atoms with Crippen molar-refractivity contribution in [2.75, 3.05) is 25.5 Å². The molecule has 0 spiro atoms. The number of nitrogens with zero attached hydrogens (tertiary/aromatic N) is 1. The summed E-state index contributed by atoms with van der Waals surface area (Å²) in [5.41, 5.74) is 0.868. The van der Waals surface area contributed by atoms with Gasteiger partial charge in [0.15, 0.2) is 5.75 Å². The third-order valence-corrected chi connectivity index (χ3v) is 3.68. The lowest BCUT2D eigenvalue weighted by Crippen LogP contribution is -2.36. The Kier molecular flexibility index (Phi) is 4.02. The Morgan fingerprint density at radius 1 is 1.24 bits per heavy atom. The lowest BCUT2D eigenvalue weighted by atomic mass is 10.1. The van der Waals surface area contributed by atoms with Crippen LogP contribution >= 0.6 is 23.2 Å². The largest absolute Gasteiger partial charge is 0.505 e. The zero-order valence-corrected chi connectivity index (χ0v) is 11.2. The van der Waals surface area contributed by atoms with Gasteiger partial charge in [0.1, 0.15) is 0 Å². The van der Waals surface area contributed by atoms with Gasteiger partial charge in [-0.25, -0.2) is 0 Å². The summed E-state index contributed by atoms with van der Waals surface area (Å²) in [4.78, 5) is 2.31. The van der Waals surface area contributed by atoms with Crippen LogP contribution in [0.15, 0.2) is 12.1 Å². The number of piperidine rings is 1. The van der Waals surface area contributed by atoms with Gasteiger partial charge in [-0.15, -0.1) is 0 Å². The quantitative estimate of drug-likeness (QED) is 0.813. The Labute approximate surface area is 111 Å². The van der Waals surface area contributed by atoms with Crippen molar-refractivity contribution in [1.82, 2.24) is 4.90 Å². The number of aromatic hydroxyl groups is 1. The van der Waals surface area contributed by atoms with E-state index in [1.807, 2.05) is 0 Å². The third-order valence-electron chi connectivity index (χ3n) is 3.11. The zero-order chi connectivity index (χ0) is 12.4. The molecule has 94 valence electrons. The Morgan fingerprint density at radius 3 is 2.29 bits per heavy atom. The van der Waals surface area contributed by atoms with Crippen LogP contribution in [-0.4, -0.2) is 36.2 Å². The highest BCUT2D eigenvalue weighted by Crippen LogP contribution is 2.35. The number of phenolic OH excluding ortho intramolecular Hbond substituents is 1. The first kappa shape index (κ1) is 12.8. The van der Waals surface area contributed by atoms with Crippen molar-refractivity contribution in [1.29, 1.82) is 0 Å². The molecule has 1 heterocycles. The molecular formula is C12H16Cl2N2O. The standard InChI is InChI=1S/C12H16Cl2N2O/c1-16-4-2-8(3-5-16)15-9-6-10(13)12(17)11(14)7-9/h6-8,15,17H,2-5H2,1H3. The highest BCUT2D eigenvalue weighted by molar-refractivity contribution is 6.37. The molecule has 0 aliphatic carbocycles. The molecule has 0 bridgehead atoms. The predicted octanol–water partition coefficient (Wildman–Crippen LogP) is 3.21. The highest BCUT2D eigenvalue weighted by Gasteiger charge is 2.17. The number of likely N-dealkylation sites (tertiary alicyclic amines) is 1. The molecule has 1 fully saturated rings. The molecule has 0 unspecified atom stereocenters. The van der Waals surface area contributed by atoms with Gasteiger partial charge >= 0.3 is 0 Å². The van der Waals surface area contributed by atoms with Gasteiger partial charge in [-0.05, 0) is 45.1 Å². The molecule has 2 rings (SSSR count). The van der Waals surface area contributed by atoms with E-state index < -0.39 is 0 Å². The molecule has 1 aliphatic rings. The van der Waals surface area contributed by atoms with E-state index in [1.54, 1.807) is 12.1 Å². The second-order valence-electron chi connectivity index (χ2n) is 4.51. The van der Waals surface area contributed by atoms with Crippen LogP contribution in [0.3, 0.4) is 0 Å². The summed E-state index contributed by atoms with van der Waals surface area (Å²) in [6, 6.07) is 3.87. The number of nitrogens with one attached hydrogen (secondary N) is 1. The molecule has 1 saturated heterocycles. The van der Waals surface area contributed by atoms with E-state index in [9.17, 15) is 5.11 Å². The minimum absolute atomic E-state index is 0.0535. The Balaban J connectivity index is 2.04. The maximum absolute atomic E-state index is 9.47. The van der Waals surface area contributed by atoms with E-state index in [2.05, 4.69) is 17.3 Å². The molecule has 1 aliphatic heterocycles. The van der Waals surface area contributed by atoms with Crippen LogP contribution in [0.1, 0.15) is 12.8 Å². The number of rotatable bonds is 2. The number of hydrogen-bond acceptors (Lipinski definition) is 3. The molecule has 1 aromatic rings. The summed E-state index contributed by atoms with van der Waals surface area (Å²) in [6.07, 6.45) is 2.21. The Hall–Kier alpha value is -0.640.